The molecule has 14 heavy (non-hydrogen) atoms. The Morgan fingerprint density at radius 2 is 2.21 bits per heavy atom. The summed E-state index contributed by atoms with van der Waals surface area (Å²) >= 11 is 0. The van der Waals surface area contributed by atoms with E-state index in [0.717, 1.165) is 30.3 Å². The topological polar surface area (TPSA) is 29.5 Å². The van der Waals surface area contributed by atoms with Gasteiger partial charge in [0.1, 0.15) is 11.5 Å². The van der Waals surface area contributed by atoms with Gasteiger partial charge in [0.2, 0.25) is 0 Å². The van der Waals surface area contributed by atoms with E-state index in [-0.39, 0.29) is 0 Å². The molecular weight excluding hydrogens is 176 g/mol. The molecule has 0 aromatic heterocycles. The molecule has 0 heterocycles. The van der Waals surface area contributed by atoms with Crippen LogP contribution in [0.15, 0.2) is 18.2 Å². The predicted octanol–water partition coefficient (Wildman–Crippen LogP) is 2.74. The Balaban J connectivity index is 2.09. The number of rotatable bonds is 4. The van der Waals surface area contributed by atoms with E-state index in [1.807, 2.05) is 19.1 Å². The van der Waals surface area contributed by atoms with Gasteiger partial charge in [-0.3, -0.25) is 0 Å². The molecule has 76 valence electrons. The lowest BCUT2D eigenvalue weighted by Crippen LogP contribution is -2.01. The van der Waals surface area contributed by atoms with Crippen LogP contribution in [0.4, 0.5) is 0 Å². The Morgan fingerprint density at radius 3 is 2.86 bits per heavy atom. The third kappa shape index (κ3) is 2.00. The maximum absolute atomic E-state index is 9.59. The van der Waals surface area contributed by atoms with E-state index in [9.17, 15) is 5.11 Å². The predicted molar refractivity (Wildman–Crippen MR) is 55.7 cm³/mol. The van der Waals surface area contributed by atoms with Crippen LogP contribution in [0.1, 0.15) is 25.3 Å². The molecule has 0 atom stereocenters. The van der Waals surface area contributed by atoms with Crippen molar-refractivity contribution < 1.29 is 9.84 Å². The van der Waals surface area contributed by atoms with Crippen molar-refractivity contribution in [3.05, 3.63) is 23.8 Å². The van der Waals surface area contributed by atoms with Gasteiger partial charge in [-0.2, -0.15) is 0 Å². The molecule has 1 fully saturated rings. The summed E-state index contributed by atoms with van der Waals surface area (Å²) in [6.45, 7) is 2.83. The Bertz CT molecular complexity index is 316. The van der Waals surface area contributed by atoms with Crippen molar-refractivity contribution in [1.82, 2.24) is 0 Å². The van der Waals surface area contributed by atoms with Gasteiger partial charge in [-0.25, -0.2) is 0 Å². The molecular formula is C12H16O2. The number of phenolic OH excluding ortho intramolecular Hbond substituents is 1. The van der Waals surface area contributed by atoms with Crippen LogP contribution in [0, 0.1) is 5.92 Å². The first kappa shape index (κ1) is 9.38. The maximum Gasteiger partial charge on any atom is 0.126 e. The molecule has 0 unspecified atom stereocenters. The number of phenols is 1. The molecule has 1 aliphatic rings. The van der Waals surface area contributed by atoms with Crippen molar-refractivity contribution in [2.45, 2.75) is 26.2 Å². The highest BCUT2D eigenvalue weighted by Gasteiger charge is 2.22. The fourth-order valence-electron chi connectivity index (χ4n) is 1.54. The molecule has 2 rings (SSSR count). The zero-order valence-corrected chi connectivity index (χ0v) is 8.49. The molecule has 0 amide bonds. The Kier molecular flexibility index (Phi) is 2.62. The number of hydrogen-bond acceptors (Lipinski definition) is 2. The van der Waals surface area contributed by atoms with E-state index in [2.05, 4.69) is 0 Å². The standard InChI is InChI=1S/C12H16O2/c1-2-10-11(13)4-3-5-12(10)14-8-9-6-7-9/h3-5,9,13H,2,6-8H2,1H3. The van der Waals surface area contributed by atoms with Gasteiger partial charge in [-0.05, 0) is 37.3 Å². The molecule has 1 N–H and O–H groups in total. The lowest BCUT2D eigenvalue weighted by molar-refractivity contribution is 0.295. The minimum absolute atomic E-state index is 0.348. The average Bonchev–Trinajstić information content (AvgIpc) is 2.98. The lowest BCUT2D eigenvalue weighted by atomic mass is 10.1. The first-order valence-electron chi connectivity index (χ1n) is 5.25. The zero-order chi connectivity index (χ0) is 9.97. The molecule has 0 spiro atoms. The van der Waals surface area contributed by atoms with E-state index in [1.54, 1.807) is 6.07 Å². The van der Waals surface area contributed by atoms with Crippen LogP contribution >= 0.6 is 0 Å². The van der Waals surface area contributed by atoms with Gasteiger partial charge in [0.05, 0.1) is 6.61 Å². The minimum Gasteiger partial charge on any atom is -0.508 e. The molecule has 2 nitrogen and oxygen atoms in total. The SMILES string of the molecule is CCc1c(O)cccc1OCC1CC1. The summed E-state index contributed by atoms with van der Waals surface area (Å²) in [4.78, 5) is 0. The van der Waals surface area contributed by atoms with E-state index in [0.29, 0.717) is 5.75 Å². The summed E-state index contributed by atoms with van der Waals surface area (Å²) in [6, 6.07) is 5.47. The largest absolute Gasteiger partial charge is 0.508 e. The Hall–Kier alpha value is -1.18. The highest BCUT2D eigenvalue weighted by molar-refractivity contribution is 5.43. The summed E-state index contributed by atoms with van der Waals surface area (Å²) in [5.41, 5.74) is 0.924. The molecule has 1 aromatic rings. The van der Waals surface area contributed by atoms with Crippen LogP contribution in [0.5, 0.6) is 11.5 Å². The van der Waals surface area contributed by atoms with Crippen molar-refractivity contribution in [2.24, 2.45) is 5.92 Å². The van der Waals surface area contributed by atoms with Gasteiger partial charge in [0, 0.05) is 5.56 Å². The Labute approximate surface area is 84.5 Å². The van der Waals surface area contributed by atoms with E-state index < -0.39 is 0 Å². The fourth-order valence-corrected chi connectivity index (χ4v) is 1.54. The van der Waals surface area contributed by atoms with Crippen LogP contribution < -0.4 is 4.74 Å². The van der Waals surface area contributed by atoms with Gasteiger partial charge in [0.15, 0.2) is 0 Å². The second-order valence-electron chi connectivity index (χ2n) is 3.86. The summed E-state index contributed by atoms with van der Waals surface area (Å²) < 4.78 is 5.67. The highest BCUT2D eigenvalue weighted by atomic mass is 16.5. The van der Waals surface area contributed by atoms with E-state index in [4.69, 9.17) is 4.74 Å². The van der Waals surface area contributed by atoms with Crippen LogP contribution in [0.25, 0.3) is 0 Å². The molecule has 0 bridgehead atoms. The molecule has 0 aliphatic heterocycles. The molecule has 0 saturated heterocycles. The summed E-state index contributed by atoms with van der Waals surface area (Å²) in [5.74, 6) is 1.95. The monoisotopic (exact) mass is 192 g/mol. The van der Waals surface area contributed by atoms with E-state index in [1.165, 1.54) is 12.8 Å². The number of aromatic hydroxyl groups is 1. The van der Waals surface area contributed by atoms with Crippen molar-refractivity contribution in [3.8, 4) is 11.5 Å². The quantitative estimate of drug-likeness (QED) is 0.794. The third-order valence-electron chi connectivity index (χ3n) is 2.63. The van der Waals surface area contributed by atoms with Gasteiger partial charge in [0.25, 0.3) is 0 Å². The number of hydrogen-bond donors (Lipinski definition) is 1. The van der Waals surface area contributed by atoms with Gasteiger partial charge < -0.3 is 9.84 Å². The summed E-state index contributed by atoms with van der Waals surface area (Å²) in [6.07, 6.45) is 3.40. The summed E-state index contributed by atoms with van der Waals surface area (Å²) in [7, 11) is 0. The third-order valence-corrected chi connectivity index (χ3v) is 2.63. The maximum atomic E-state index is 9.59. The van der Waals surface area contributed by atoms with Gasteiger partial charge in [-0.15, -0.1) is 0 Å². The fraction of sp³-hybridized carbons (Fsp3) is 0.500. The highest BCUT2D eigenvalue weighted by Crippen LogP contribution is 2.32. The Morgan fingerprint density at radius 1 is 1.43 bits per heavy atom. The normalized spacial score (nSPS) is 15.5. The van der Waals surface area contributed by atoms with Crippen molar-refractivity contribution >= 4 is 0 Å². The first-order valence-corrected chi connectivity index (χ1v) is 5.25. The second kappa shape index (κ2) is 3.91. The molecule has 1 aromatic carbocycles. The van der Waals surface area contributed by atoms with Gasteiger partial charge in [-0.1, -0.05) is 13.0 Å². The molecule has 2 heteroatoms. The zero-order valence-electron chi connectivity index (χ0n) is 8.49. The van der Waals surface area contributed by atoms with Crippen molar-refractivity contribution in [3.63, 3.8) is 0 Å². The second-order valence-corrected chi connectivity index (χ2v) is 3.86. The van der Waals surface area contributed by atoms with Crippen LogP contribution in [-0.4, -0.2) is 11.7 Å². The minimum atomic E-state index is 0.348. The van der Waals surface area contributed by atoms with Crippen LogP contribution in [0.2, 0.25) is 0 Å². The molecule has 1 aliphatic carbocycles. The first-order chi connectivity index (χ1) is 6.81. The summed E-state index contributed by atoms with van der Waals surface area (Å²) in [5, 5.41) is 9.59. The van der Waals surface area contributed by atoms with Crippen LogP contribution in [-0.2, 0) is 6.42 Å². The number of benzene rings is 1. The molecule has 0 radical (unpaired) electrons. The molecule has 1 saturated carbocycles. The lowest BCUT2D eigenvalue weighted by Gasteiger charge is -2.10. The average molecular weight is 192 g/mol. The van der Waals surface area contributed by atoms with Gasteiger partial charge >= 0.3 is 0 Å². The van der Waals surface area contributed by atoms with Crippen molar-refractivity contribution in [1.29, 1.82) is 0 Å². The number of ether oxygens (including phenoxy) is 1. The van der Waals surface area contributed by atoms with Crippen molar-refractivity contribution in [2.75, 3.05) is 6.61 Å². The smallest absolute Gasteiger partial charge is 0.126 e. The van der Waals surface area contributed by atoms with E-state index >= 15 is 0 Å². The van der Waals surface area contributed by atoms with Crippen LogP contribution in [0.3, 0.4) is 0 Å².